The standard InChI is InChI=1S/C11H18O3/c1-3-4-10-7-9(5-6-14-10)8(2)11(12)13/h10H,3-7H2,1-2H3,(H,12,13). The number of carboxylic acids is 1. The molecular formula is C11H18O3. The Bertz CT molecular complexity index is 241. The van der Waals surface area contributed by atoms with E-state index < -0.39 is 5.97 Å². The smallest absolute Gasteiger partial charge is 0.331 e. The molecule has 1 rings (SSSR count). The van der Waals surface area contributed by atoms with E-state index in [-0.39, 0.29) is 6.10 Å². The number of hydrogen-bond donors (Lipinski definition) is 1. The highest BCUT2D eigenvalue weighted by Gasteiger charge is 2.20. The molecule has 0 bridgehead atoms. The van der Waals surface area contributed by atoms with Crippen LogP contribution in [-0.2, 0) is 9.53 Å². The zero-order valence-electron chi connectivity index (χ0n) is 8.88. The molecule has 3 nitrogen and oxygen atoms in total. The molecule has 1 saturated heterocycles. The quantitative estimate of drug-likeness (QED) is 0.708. The maximum absolute atomic E-state index is 10.8. The van der Waals surface area contributed by atoms with Gasteiger partial charge in [-0.2, -0.15) is 0 Å². The van der Waals surface area contributed by atoms with E-state index in [1.807, 2.05) is 0 Å². The highest BCUT2D eigenvalue weighted by Crippen LogP contribution is 2.24. The lowest BCUT2D eigenvalue weighted by Crippen LogP contribution is -2.22. The van der Waals surface area contributed by atoms with Gasteiger partial charge in [-0.05, 0) is 26.2 Å². The van der Waals surface area contributed by atoms with Gasteiger partial charge in [-0.25, -0.2) is 4.79 Å². The van der Waals surface area contributed by atoms with Gasteiger partial charge in [-0.3, -0.25) is 0 Å². The third-order valence-corrected chi connectivity index (χ3v) is 2.69. The van der Waals surface area contributed by atoms with Crippen molar-refractivity contribution in [2.45, 2.75) is 45.6 Å². The molecule has 0 amide bonds. The van der Waals surface area contributed by atoms with Crippen LogP contribution in [0.5, 0.6) is 0 Å². The van der Waals surface area contributed by atoms with E-state index >= 15 is 0 Å². The van der Waals surface area contributed by atoms with Crippen molar-refractivity contribution >= 4 is 5.97 Å². The van der Waals surface area contributed by atoms with Gasteiger partial charge in [0.1, 0.15) is 0 Å². The van der Waals surface area contributed by atoms with E-state index in [4.69, 9.17) is 9.84 Å². The fourth-order valence-corrected chi connectivity index (χ4v) is 1.78. The lowest BCUT2D eigenvalue weighted by molar-refractivity contribution is -0.132. The summed E-state index contributed by atoms with van der Waals surface area (Å²) in [5.41, 5.74) is 1.57. The zero-order valence-corrected chi connectivity index (χ0v) is 8.88. The first-order valence-electron chi connectivity index (χ1n) is 5.18. The summed E-state index contributed by atoms with van der Waals surface area (Å²) < 4.78 is 5.55. The van der Waals surface area contributed by atoms with E-state index in [9.17, 15) is 4.79 Å². The number of carboxylic acid groups (broad SMARTS) is 1. The molecule has 1 fully saturated rings. The van der Waals surface area contributed by atoms with Crippen LogP contribution in [0, 0.1) is 0 Å². The molecule has 0 spiro atoms. The normalized spacial score (nSPS) is 26.0. The third-order valence-electron chi connectivity index (χ3n) is 2.69. The van der Waals surface area contributed by atoms with Gasteiger partial charge in [0.15, 0.2) is 0 Å². The van der Waals surface area contributed by atoms with Gasteiger partial charge in [-0.1, -0.05) is 18.9 Å². The highest BCUT2D eigenvalue weighted by atomic mass is 16.5. The molecule has 0 aliphatic carbocycles. The summed E-state index contributed by atoms with van der Waals surface area (Å²) in [6.45, 7) is 4.47. The number of hydrogen-bond acceptors (Lipinski definition) is 2. The first-order chi connectivity index (χ1) is 6.65. The summed E-state index contributed by atoms with van der Waals surface area (Å²) in [5.74, 6) is -0.794. The first kappa shape index (κ1) is 11.2. The van der Waals surface area contributed by atoms with Gasteiger partial charge in [-0.15, -0.1) is 0 Å². The van der Waals surface area contributed by atoms with Crippen LogP contribution in [0.3, 0.4) is 0 Å². The lowest BCUT2D eigenvalue weighted by atomic mass is 9.95. The molecule has 0 saturated carbocycles. The summed E-state index contributed by atoms with van der Waals surface area (Å²) in [7, 11) is 0. The zero-order chi connectivity index (χ0) is 10.6. The Morgan fingerprint density at radius 2 is 2.36 bits per heavy atom. The van der Waals surface area contributed by atoms with Gasteiger partial charge < -0.3 is 9.84 Å². The van der Waals surface area contributed by atoms with Crippen LogP contribution >= 0.6 is 0 Å². The maximum Gasteiger partial charge on any atom is 0.331 e. The van der Waals surface area contributed by atoms with Crippen molar-refractivity contribution in [3.8, 4) is 0 Å². The van der Waals surface area contributed by atoms with Crippen molar-refractivity contribution in [2.75, 3.05) is 6.61 Å². The second kappa shape index (κ2) is 5.15. The Hall–Kier alpha value is -0.830. The minimum Gasteiger partial charge on any atom is -0.478 e. The van der Waals surface area contributed by atoms with Crippen molar-refractivity contribution < 1.29 is 14.6 Å². The summed E-state index contributed by atoms with van der Waals surface area (Å²) in [5, 5.41) is 8.85. The minimum atomic E-state index is -0.794. The fourth-order valence-electron chi connectivity index (χ4n) is 1.78. The lowest BCUT2D eigenvalue weighted by Gasteiger charge is -2.25. The number of ether oxygens (including phenoxy) is 1. The summed E-state index contributed by atoms with van der Waals surface area (Å²) in [6, 6.07) is 0. The van der Waals surface area contributed by atoms with Gasteiger partial charge in [0.2, 0.25) is 0 Å². The van der Waals surface area contributed by atoms with Crippen molar-refractivity contribution in [1.82, 2.24) is 0 Å². The first-order valence-corrected chi connectivity index (χ1v) is 5.18. The van der Waals surface area contributed by atoms with E-state index in [0.717, 1.165) is 31.3 Å². The van der Waals surface area contributed by atoms with E-state index in [0.29, 0.717) is 12.2 Å². The molecule has 0 aromatic rings. The number of rotatable bonds is 3. The molecule has 1 atom stereocenters. The molecule has 1 heterocycles. The monoisotopic (exact) mass is 198 g/mol. The average molecular weight is 198 g/mol. The second-order valence-corrected chi connectivity index (χ2v) is 3.77. The molecule has 1 aliphatic rings. The summed E-state index contributed by atoms with van der Waals surface area (Å²) >= 11 is 0. The Morgan fingerprint density at radius 1 is 1.64 bits per heavy atom. The summed E-state index contributed by atoms with van der Waals surface area (Å²) in [4.78, 5) is 10.8. The Labute approximate surface area is 84.8 Å². The molecule has 1 N–H and O–H groups in total. The molecule has 0 aromatic heterocycles. The molecule has 14 heavy (non-hydrogen) atoms. The topological polar surface area (TPSA) is 46.5 Å². The predicted molar refractivity (Wildman–Crippen MR) is 54.2 cm³/mol. The van der Waals surface area contributed by atoms with Gasteiger partial charge in [0.25, 0.3) is 0 Å². The van der Waals surface area contributed by atoms with Crippen molar-refractivity contribution in [2.24, 2.45) is 0 Å². The van der Waals surface area contributed by atoms with Crippen LogP contribution in [-0.4, -0.2) is 23.8 Å². The van der Waals surface area contributed by atoms with Crippen LogP contribution < -0.4 is 0 Å². The van der Waals surface area contributed by atoms with Gasteiger partial charge in [0, 0.05) is 5.57 Å². The minimum absolute atomic E-state index is 0.234. The second-order valence-electron chi connectivity index (χ2n) is 3.77. The van der Waals surface area contributed by atoms with Crippen molar-refractivity contribution in [3.63, 3.8) is 0 Å². The van der Waals surface area contributed by atoms with Crippen LogP contribution in [0.4, 0.5) is 0 Å². The molecule has 1 unspecified atom stereocenters. The van der Waals surface area contributed by atoms with Crippen LogP contribution in [0.1, 0.15) is 39.5 Å². The predicted octanol–water partition coefficient (Wildman–Crippen LogP) is 2.37. The Balaban J connectivity index is 2.63. The van der Waals surface area contributed by atoms with E-state index in [2.05, 4.69) is 6.92 Å². The van der Waals surface area contributed by atoms with Crippen LogP contribution in [0.15, 0.2) is 11.1 Å². The van der Waals surface area contributed by atoms with E-state index in [1.165, 1.54) is 0 Å². The van der Waals surface area contributed by atoms with Crippen LogP contribution in [0.25, 0.3) is 0 Å². The van der Waals surface area contributed by atoms with E-state index in [1.54, 1.807) is 6.92 Å². The third kappa shape index (κ3) is 2.84. The molecule has 1 aliphatic heterocycles. The Kier molecular flexibility index (Phi) is 4.14. The average Bonchev–Trinajstić information content (AvgIpc) is 2.17. The molecule has 80 valence electrons. The number of carbonyl (C=O) groups is 1. The van der Waals surface area contributed by atoms with Gasteiger partial charge in [0.05, 0.1) is 12.7 Å². The fraction of sp³-hybridized carbons (Fsp3) is 0.727. The van der Waals surface area contributed by atoms with Crippen molar-refractivity contribution in [1.29, 1.82) is 0 Å². The molecule has 0 aromatic carbocycles. The summed E-state index contributed by atoms with van der Waals surface area (Å²) in [6.07, 6.45) is 3.92. The Morgan fingerprint density at radius 3 is 2.93 bits per heavy atom. The molecule has 3 heteroatoms. The molecule has 0 radical (unpaired) electrons. The largest absolute Gasteiger partial charge is 0.478 e. The van der Waals surface area contributed by atoms with Crippen LogP contribution in [0.2, 0.25) is 0 Å². The molecular weight excluding hydrogens is 180 g/mol. The SMILES string of the molecule is CCCC1CC(=C(C)C(=O)O)CCO1. The maximum atomic E-state index is 10.8. The number of aliphatic carboxylic acids is 1. The van der Waals surface area contributed by atoms with Gasteiger partial charge >= 0.3 is 5.97 Å². The van der Waals surface area contributed by atoms with Crippen molar-refractivity contribution in [3.05, 3.63) is 11.1 Å². The highest BCUT2D eigenvalue weighted by molar-refractivity contribution is 5.86.